The third kappa shape index (κ3) is 4.50. The molecule has 2 atom stereocenters. The summed E-state index contributed by atoms with van der Waals surface area (Å²) in [6, 6.07) is 2.25. The van der Waals surface area contributed by atoms with Gasteiger partial charge in [0.1, 0.15) is 11.5 Å². The van der Waals surface area contributed by atoms with Gasteiger partial charge in [0.2, 0.25) is 0 Å². The molecule has 0 aliphatic rings. The molecule has 1 rings (SSSR count). The second-order valence-electron chi connectivity index (χ2n) is 4.91. The van der Waals surface area contributed by atoms with Crippen LogP contribution in [0.15, 0.2) is 10.5 Å². The summed E-state index contributed by atoms with van der Waals surface area (Å²) in [5.41, 5.74) is 1.17. The minimum absolute atomic E-state index is 0.198. The lowest BCUT2D eigenvalue weighted by Crippen LogP contribution is -2.36. The Morgan fingerprint density at radius 1 is 1.41 bits per heavy atom. The van der Waals surface area contributed by atoms with Crippen molar-refractivity contribution in [2.75, 3.05) is 27.2 Å². The Morgan fingerprint density at radius 3 is 2.53 bits per heavy atom. The smallest absolute Gasteiger partial charge is 0.105 e. The molecule has 4 nitrogen and oxygen atoms in total. The third-order valence-electron chi connectivity index (χ3n) is 2.78. The van der Waals surface area contributed by atoms with Gasteiger partial charge in [-0.2, -0.15) is 0 Å². The van der Waals surface area contributed by atoms with Gasteiger partial charge in [0.25, 0.3) is 0 Å². The van der Waals surface area contributed by atoms with E-state index in [-0.39, 0.29) is 12.1 Å². The van der Waals surface area contributed by atoms with Gasteiger partial charge < -0.3 is 19.7 Å². The number of hydrogen-bond acceptors (Lipinski definition) is 4. The fourth-order valence-corrected chi connectivity index (χ4v) is 1.99. The third-order valence-corrected chi connectivity index (χ3v) is 2.78. The van der Waals surface area contributed by atoms with Crippen LogP contribution in [-0.2, 0) is 0 Å². The van der Waals surface area contributed by atoms with Crippen LogP contribution in [0, 0.1) is 13.8 Å². The molecular weight excluding hydrogens is 216 g/mol. The Labute approximate surface area is 104 Å². The standard InChI is InChI=1S/C13H24N2O2/c1-9-6-13(11(3)17-9)10(2)14-7-12(16)8-15(4)5/h6,10,12,14,16H,7-8H2,1-5H3. The first-order valence-corrected chi connectivity index (χ1v) is 6.03. The zero-order valence-electron chi connectivity index (χ0n) is 11.4. The van der Waals surface area contributed by atoms with Crippen molar-refractivity contribution in [3.8, 4) is 0 Å². The molecule has 1 heterocycles. The Morgan fingerprint density at radius 2 is 2.06 bits per heavy atom. The SMILES string of the molecule is Cc1cc(C(C)NCC(O)CN(C)C)c(C)o1. The van der Waals surface area contributed by atoms with Crippen LogP contribution in [0.3, 0.4) is 0 Å². The lowest BCUT2D eigenvalue weighted by Gasteiger charge is -2.19. The molecule has 0 spiro atoms. The van der Waals surface area contributed by atoms with E-state index in [1.165, 1.54) is 5.56 Å². The quantitative estimate of drug-likeness (QED) is 0.790. The van der Waals surface area contributed by atoms with Gasteiger partial charge in [-0.15, -0.1) is 0 Å². The summed E-state index contributed by atoms with van der Waals surface area (Å²) >= 11 is 0. The van der Waals surface area contributed by atoms with Crippen molar-refractivity contribution in [1.82, 2.24) is 10.2 Å². The fourth-order valence-electron chi connectivity index (χ4n) is 1.99. The zero-order valence-corrected chi connectivity index (χ0v) is 11.4. The Balaban J connectivity index is 2.44. The van der Waals surface area contributed by atoms with Crippen molar-refractivity contribution in [2.24, 2.45) is 0 Å². The Hall–Kier alpha value is -0.840. The van der Waals surface area contributed by atoms with Gasteiger partial charge in [0.15, 0.2) is 0 Å². The first-order valence-electron chi connectivity index (χ1n) is 6.03. The van der Waals surface area contributed by atoms with Crippen LogP contribution in [0.25, 0.3) is 0 Å². The highest BCUT2D eigenvalue weighted by Gasteiger charge is 2.14. The van der Waals surface area contributed by atoms with E-state index in [4.69, 9.17) is 4.42 Å². The predicted octanol–water partition coefficient (Wildman–Crippen LogP) is 1.47. The number of aryl methyl sites for hydroxylation is 2. The van der Waals surface area contributed by atoms with Gasteiger partial charge >= 0.3 is 0 Å². The van der Waals surface area contributed by atoms with E-state index in [1.54, 1.807) is 0 Å². The van der Waals surface area contributed by atoms with Crippen LogP contribution in [0.1, 0.15) is 30.0 Å². The molecule has 1 aromatic heterocycles. The summed E-state index contributed by atoms with van der Waals surface area (Å²) in [5.74, 6) is 1.88. The van der Waals surface area contributed by atoms with E-state index in [0.717, 1.165) is 11.5 Å². The first-order chi connectivity index (χ1) is 7.90. The molecule has 0 amide bonds. The molecule has 0 saturated heterocycles. The van der Waals surface area contributed by atoms with Gasteiger partial charge in [-0.3, -0.25) is 0 Å². The first kappa shape index (κ1) is 14.2. The van der Waals surface area contributed by atoms with E-state index >= 15 is 0 Å². The largest absolute Gasteiger partial charge is 0.466 e. The zero-order chi connectivity index (χ0) is 13.0. The maximum atomic E-state index is 9.76. The molecule has 2 N–H and O–H groups in total. The molecule has 0 saturated carbocycles. The molecule has 4 heteroatoms. The van der Waals surface area contributed by atoms with Gasteiger partial charge in [-0.1, -0.05) is 0 Å². The van der Waals surface area contributed by atoms with Crippen molar-refractivity contribution in [2.45, 2.75) is 32.9 Å². The molecule has 2 unspecified atom stereocenters. The topological polar surface area (TPSA) is 48.6 Å². The molecule has 0 fully saturated rings. The van der Waals surface area contributed by atoms with Crippen LogP contribution in [0.5, 0.6) is 0 Å². The number of furan rings is 1. The molecule has 1 aromatic rings. The Kier molecular flexibility index (Phi) is 5.18. The average Bonchev–Trinajstić information content (AvgIpc) is 2.53. The monoisotopic (exact) mass is 240 g/mol. The minimum atomic E-state index is -0.347. The molecule has 17 heavy (non-hydrogen) atoms. The number of rotatable bonds is 6. The molecule has 0 aliphatic heterocycles. The molecule has 0 radical (unpaired) electrons. The van der Waals surface area contributed by atoms with Crippen LogP contribution in [-0.4, -0.2) is 43.3 Å². The maximum absolute atomic E-state index is 9.76. The van der Waals surface area contributed by atoms with Crippen molar-refractivity contribution in [1.29, 1.82) is 0 Å². The number of nitrogens with zero attached hydrogens (tertiary/aromatic N) is 1. The number of likely N-dealkylation sites (N-methyl/N-ethyl adjacent to an activating group) is 1. The number of aliphatic hydroxyl groups excluding tert-OH is 1. The number of hydrogen-bond donors (Lipinski definition) is 2. The predicted molar refractivity (Wildman–Crippen MR) is 69.2 cm³/mol. The second-order valence-corrected chi connectivity index (χ2v) is 4.91. The van der Waals surface area contributed by atoms with Gasteiger partial charge in [0, 0.05) is 24.7 Å². The lowest BCUT2D eigenvalue weighted by atomic mass is 10.1. The van der Waals surface area contributed by atoms with E-state index in [0.29, 0.717) is 13.1 Å². The molecular formula is C13H24N2O2. The van der Waals surface area contributed by atoms with Crippen molar-refractivity contribution in [3.05, 3.63) is 23.2 Å². The van der Waals surface area contributed by atoms with E-state index in [9.17, 15) is 5.11 Å². The van der Waals surface area contributed by atoms with Crippen molar-refractivity contribution in [3.63, 3.8) is 0 Å². The molecule has 0 aromatic carbocycles. The van der Waals surface area contributed by atoms with Crippen molar-refractivity contribution >= 4 is 0 Å². The number of nitrogens with one attached hydrogen (secondary N) is 1. The summed E-state index contributed by atoms with van der Waals surface area (Å²) in [6.07, 6.45) is -0.347. The van der Waals surface area contributed by atoms with E-state index in [1.807, 2.05) is 38.9 Å². The summed E-state index contributed by atoms with van der Waals surface area (Å²) in [7, 11) is 3.91. The summed E-state index contributed by atoms with van der Waals surface area (Å²) < 4.78 is 5.50. The van der Waals surface area contributed by atoms with Gasteiger partial charge in [-0.25, -0.2) is 0 Å². The normalized spacial score (nSPS) is 15.2. The molecule has 0 aliphatic carbocycles. The van der Waals surface area contributed by atoms with Gasteiger partial charge in [0.05, 0.1) is 6.10 Å². The van der Waals surface area contributed by atoms with Crippen LogP contribution < -0.4 is 5.32 Å². The second kappa shape index (κ2) is 6.19. The van der Waals surface area contributed by atoms with Gasteiger partial charge in [-0.05, 0) is 40.9 Å². The van der Waals surface area contributed by atoms with E-state index < -0.39 is 0 Å². The van der Waals surface area contributed by atoms with Crippen LogP contribution in [0.2, 0.25) is 0 Å². The average molecular weight is 240 g/mol. The van der Waals surface area contributed by atoms with Crippen molar-refractivity contribution < 1.29 is 9.52 Å². The highest BCUT2D eigenvalue weighted by Crippen LogP contribution is 2.20. The fraction of sp³-hybridized carbons (Fsp3) is 0.692. The summed E-state index contributed by atoms with van der Waals surface area (Å²) in [4.78, 5) is 1.98. The van der Waals surface area contributed by atoms with Crippen LogP contribution in [0.4, 0.5) is 0 Å². The highest BCUT2D eigenvalue weighted by atomic mass is 16.3. The molecule has 0 bridgehead atoms. The number of aliphatic hydroxyl groups is 1. The summed E-state index contributed by atoms with van der Waals surface area (Å²) in [5, 5.41) is 13.1. The van der Waals surface area contributed by atoms with E-state index in [2.05, 4.69) is 12.2 Å². The highest BCUT2D eigenvalue weighted by molar-refractivity contribution is 5.23. The summed E-state index contributed by atoms with van der Waals surface area (Å²) in [6.45, 7) is 7.26. The lowest BCUT2D eigenvalue weighted by molar-refractivity contribution is 0.132. The van der Waals surface area contributed by atoms with Crippen LogP contribution >= 0.6 is 0 Å². The molecule has 98 valence electrons. The Bertz CT molecular complexity index is 347. The minimum Gasteiger partial charge on any atom is -0.466 e. The maximum Gasteiger partial charge on any atom is 0.105 e.